The molecule has 0 radical (unpaired) electrons. The van der Waals surface area contributed by atoms with E-state index in [0.29, 0.717) is 0 Å². The van der Waals surface area contributed by atoms with E-state index >= 15 is 0 Å². The van der Waals surface area contributed by atoms with E-state index in [-0.39, 0.29) is 6.10 Å². The van der Waals surface area contributed by atoms with Crippen molar-refractivity contribution in [3.8, 4) is 11.5 Å². The van der Waals surface area contributed by atoms with Gasteiger partial charge in [0.25, 0.3) is 0 Å². The Labute approximate surface area is 151 Å². The fourth-order valence-electron chi connectivity index (χ4n) is 3.27. The molecule has 1 aromatic carbocycles. The van der Waals surface area contributed by atoms with E-state index in [2.05, 4.69) is 10.00 Å². The number of aromatic nitrogens is 3. The SMILES string of the molecule is COc1ccccc1OC1CCN(c2nc3c(s2)c(C)nn3C)CC1. The maximum absolute atomic E-state index is 6.16. The summed E-state index contributed by atoms with van der Waals surface area (Å²) in [6, 6.07) is 7.83. The minimum atomic E-state index is 0.213. The Kier molecular flexibility index (Phi) is 4.25. The van der Waals surface area contributed by atoms with Crippen LogP contribution in [0.5, 0.6) is 11.5 Å². The van der Waals surface area contributed by atoms with Crippen molar-refractivity contribution in [1.82, 2.24) is 14.8 Å². The minimum absolute atomic E-state index is 0.213. The Morgan fingerprint density at radius 1 is 1.16 bits per heavy atom. The number of fused-ring (bicyclic) bond motifs is 1. The zero-order chi connectivity index (χ0) is 17.4. The predicted molar refractivity (Wildman–Crippen MR) is 100.0 cm³/mol. The lowest BCUT2D eigenvalue weighted by Gasteiger charge is -2.32. The molecule has 0 N–H and O–H groups in total. The van der Waals surface area contributed by atoms with Gasteiger partial charge < -0.3 is 14.4 Å². The van der Waals surface area contributed by atoms with E-state index in [1.54, 1.807) is 18.4 Å². The molecule has 0 unspecified atom stereocenters. The van der Waals surface area contributed by atoms with Crippen molar-refractivity contribution in [1.29, 1.82) is 0 Å². The first-order chi connectivity index (χ1) is 12.2. The van der Waals surface area contributed by atoms with Crippen LogP contribution in [0.25, 0.3) is 10.3 Å². The average Bonchev–Trinajstić information content (AvgIpc) is 3.18. The van der Waals surface area contributed by atoms with Gasteiger partial charge in [-0.1, -0.05) is 23.5 Å². The van der Waals surface area contributed by atoms with Crippen LogP contribution >= 0.6 is 11.3 Å². The van der Waals surface area contributed by atoms with Gasteiger partial charge in [0.2, 0.25) is 0 Å². The second kappa shape index (κ2) is 6.55. The van der Waals surface area contributed by atoms with Gasteiger partial charge in [-0.3, -0.25) is 0 Å². The molecular weight excluding hydrogens is 336 g/mol. The van der Waals surface area contributed by atoms with E-state index in [1.165, 1.54) is 4.70 Å². The third kappa shape index (κ3) is 3.04. The number of piperidine rings is 1. The molecule has 1 aliphatic heterocycles. The van der Waals surface area contributed by atoms with Gasteiger partial charge in [0.05, 0.1) is 17.5 Å². The van der Waals surface area contributed by atoms with Crippen LogP contribution in [0.2, 0.25) is 0 Å². The molecule has 0 bridgehead atoms. The molecular formula is C18H22N4O2S. The second-order valence-corrected chi connectivity index (χ2v) is 7.29. The van der Waals surface area contributed by atoms with Crippen LogP contribution in [0.15, 0.2) is 24.3 Å². The summed E-state index contributed by atoms with van der Waals surface area (Å²) < 4.78 is 14.6. The summed E-state index contributed by atoms with van der Waals surface area (Å²) >= 11 is 1.73. The molecule has 1 fully saturated rings. The van der Waals surface area contributed by atoms with Crippen LogP contribution < -0.4 is 14.4 Å². The molecule has 2 aromatic heterocycles. The number of hydrogen-bond donors (Lipinski definition) is 0. The van der Waals surface area contributed by atoms with Crippen molar-refractivity contribution in [2.24, 2.45) is 7.05 Å². The largest absolute Gasteiger partial charge is 0.493 e. The first kappa shape index (κ1) is 16.2. The van der Waals surface area contributed by atoms with Crippen molar-refractivity contribution in [2.45, 2.75) is 25.9 Å². The van der Waals surface area contributed by atoms with Crippen molar-refractivity contribution in [3.63, 3.8) is 0 Å². The zero-order valence-corrected chi connectivity index (χ0v) is 15.5. The lowest BCUT2D eigenvalue weighted by Crippen LogP contribution is -2.38. The van der Waals surface area contributed by atoms with E-state index in [0.717, 1.165) is 53.9 Å². The van der Waals surface area contributed by atoms with E-state index < -0.39 is 0 Å². The quantitative estimate of drug-likeness (QED) is 0.715. The number of nitrogens with zero attached hydrogens (tertiary/aromatic N) is 4. The van der Waals surface area contributed by atoms with Crippen molar-refractivity contribution in [3.05, 3.63) is 30.0 Å². The van der Waals surface area contributed by atoms with Crippen molar-refractivity contribution < 1.29 is 9.47 Å². The Bertz CT molecular complexity index is 846. The summed E-state index contributed by atoms with van der Waals surface area (Å²) in [5.74, 6) is 1.62. The van der Waals surface area contributed by atoms with E-state index in [1.807, 2.05) is 42.9 Å². The number of hydrogen-bond acceptors (Lipinski definition) is 6. The third-order valence-corrected chi connectivity index (χ3v) is 5.82. The lowest BCUT2D eigenvalue weighted by molar-refractivity contribution is 0.164. The summed E-state index contributed by atoms with van der Waals surface area (Å²) in [5, 5.41) is 5.51. The average molecular weight is 358 g/mol. The van der Waals surface area contributed by atoms with Crippen LogP contribution in [0.4, 0.5) is 5.13 Å². The molecule has 3 heterocycles. The second-order valence-electron chi connectivity index (χ2n) is 6.31. The standard InChI is InChI=1S/C18H22N4O2S/c1-12-16-17(21(2)20-12)19-18(25-16)22-10-8-13(9-11-22)24-15-7-5-4-6-14(15)23-3/h4-7,13H,8-11H2,1-3H3. The number of ether oxygens (including phenoxy) is 2. The Morgan fingerprint density at radius 3 is 2.56 bits per heavy atom. The van der Waals surface area contributed by atoms with Gasteiger partial charge in [-0.15, -0.1) is 0 Å². The van der Waals surface area contributed by atoms with Gasteiger partial charge in [0.15, 0.2) is 22.3 Å². The van der Waals surface area contributed by atoms with Gasteiger partial charge in [0, 0.05) is 33.0 Å². The summed E-state index contributed by atoms with van der Waals surface area (Å²) in [6.07, 6.45) is 2.17. The molecule has 0 amide bonds. The smallest absolute Gasteiger partial charge is 0.188 e. The first-order valence-corrected chi connectivity index (χ1v) is 9.32. The summed E-state index contributed by atoms with van der Waals surface area (Å²) in [5.41, 5.74) is 2.03. The number of rotatable bonds is 4. The lowest BCUT2D eigenvalue weighted by atomic mass is 10.1. The van der Waals surface area contributed by atoms with Gasteiger partial charge in [-0.25, -0.2) is 9.67 Å². The van der Waals surface area contributed by atoms with Crippen LogP contribution in [-0.4, -0.2) is 41.1 Å². The number of thiazole rings is 1. The van der Waals surface area contributed by atoms with Crippen molar-refractivity contribution in [2.75, 3.05) is 25.1 Å². The molecule has 25 heavy (non-hydrogen) atoms. The predicted octanol–water partition coefficient (Wildman–Crippen LogP) is 3.39. The molecule has 0 aliphatic carbocycles. The van der Waals surface area contributed by atoms with Crippen molar-refractivity contribution >= 4 is 26.8 Å². The van der Waals surface area contributed by atoms with E-state index in [4.69, 9.17) is 14.5 Å². The molecule has 0 atom stereocenters. The highest BCUT2D eigenvalue weighted by Gasteiger charge is 2.24. The summed E-state index contributed by atoms with van der Waals surface area (Å²) in [6.45, 7) is 3.94. The molecule has 3 aromatic rings. The zero-order valence-electron chi connectivity index (χ0n) is 14.7. The fraction of sp³-hybridized carbons (Fsp3) is 0.444. The molecule has 4 rings (SSSR count). The van der Waals surface area contributed by atoms with E-state index in [9.17, 15) is 0 Å². The highest BCUT2D eigenvalue weighted by molar-refractivity contribution is 7.22. The number of methoxy groups -OCH3 is 1. The van der Waals surface area contributed by atoms with Crippen LogP contribution in [0.3, 0.4) is 0 Å². The highest BCUT2D eigenvalue weighted by atomic mass is 32.1. The normalized spacial score (nSPS) is 15.7. The van der Waals surface area contributed by atoms with Gasteiger partial charge in [-0.05, 0) is 19.1 Å². The van der Waals surface area contributed by atoms with Crippen LogP contribution in [0.1, 0.15) is 18.5 Å². The highest BCUT2D eigenvalue weighted by Crippen LogP contribution is 2.33. The topological polar surface area (TPSA) is 52.4 Å². The first-order valence-electron chi connectivity index (χ1n) is 8.50. The van der Waals surface area contributed by atoms with Gasteiger partial charge in [0.1, 0.15) is 6.10 Å². The number of benzene rings is 1. The number of para-hydroxylation sites is 2. The van der Waals surface area contributed by atoms with Gasteiger partial charge >= 0.3 is 0 Å². The maximum Gasteiger partial charge on any atom is 0.188 e. The molecule has 1 saturated heterocycles. The number of aryl methyl sites for hydroxylation is 2. The molecule has 132 valence electrons. The van der Waals surface area contributed by atoms with Crippen LogP contribution in [-0.2, 0) is 7.05 Å². The monoisotopic (exact) mass is 358 g/mol. The fourth-order valence-corrected chi connectivity index (χ4v) is 4.35. The third-order valence-electron chi connectivity index (χ3n) is 4.61. The molecule has 7 heteroatoms. The summed E-state index contributed by atoms with van der Waals surface area (Å²) in [7, 11) is 3.63. The molecule has 0 spiro atoms. The molecule has 1 aliphatic rings. The van der Waals surface area contributed by atoms with Crippen LogP contribution in [0, 0.1) is 6.92 Å². The Balaban J connectivity index is 1.43. The Morgan fingerprint density at radius 2 is 1.88 bits per heavy atom. The van der Waals surface area contributed by atoms with Gasteiger partial charge in [-0.2, -0.15) is 5.10 Å². The minimum Gasteiger partial charge on any atom is -0.493 e. The summed E-state index contributed by atoms with van der Waals surface area (Å²) in [4.78, 5) is 7.13. The maximum atomic E-state index is 6.16. The Hall–Kier alpha value is -2.28. The molecule has 6 nitrogen and oxygen atoms in total. The molecule has 0 saturated carbocycles. The number of anilines is 1.